The zero-order chi connectivity index (χ0) is 35.6. The molecule has 4 fully saturated rings. The predicted molar refractivity (Wildman–Crippen MR) is 150 cm³/mol. The zero-order valence-electron chi connectivity index (χ0n) is 25.3. The maximum Gasteiger partial charge on any atom is 0.573 e. The summed E-state index contributed by atoms with van der Waals surface area (Å²) in [5.41, 5.74) is -2.11. The average Bonchev–Trinajstić information content (AvgIpc) is 3.50. The number of pyridine rings is 1. The summed E-state index contributed by atoms with van der Waals surface area (Å²) in [6.07, 6.45) is -8.04. The fourth-order valence-corrected chi connectivity index (χ4v) is 6.01. The van der Waals surface area contributed by atoms with Crippen molar-refractivity contribution in [2.75, 3.05) is 52.5 Å². The van der Waals surface area contributed by atoms with E-state index in [9.17, 15) is 40.7 Å². The van der Waals surface area contributed by atoms with Crippen LogP contribution in [0.2, 0.25) is 0 Å². The highest BCUT2D eigenvalue weighted by atomic mass is 19.4. The van der Waals surface area contributed by atoms with Gasteiger partial charge in [0, 0.05) is 45.4 Å². The molecule has 0 saturated carbocycles. The number of aromatic nitrogens is 1. The Balaban J connectivity index is 0.000000606. The van der Waals surface area contributed by atoms with E-state index >= 15 is 0 Å². The summed E-state index contributed by atoms with van der Waals surface area (Å²) < 4.78 is 90.0. The lowest BCUT2D eigenvalue weighted by Crippen LogP contribution is -2.80. The van der Waals surface area contributed by atoms with Crippen LogP contribution in [0.15, 0.2) is 42.6 Å². The number of imide groups is 2. The van der Waals surface area contributed by atoms with Crippen LogP contribution in [0.3, 0.4) is 0 Å². The minimum Gasteiger partial charge on any atom is -0.475 e. The lowest BCUT2D eigenvalue weighted by atomic mass is 9.78. The first kappa shape index (κ1) is 35.8. The van der Waals surface area contributed by atoms with E-state index in [-0.39, 0.29) is 24.7 Å². The normalized spacial score (nSPS) is 22.3. The molecule has 14 nitrogen and oxygen atoms in total. The molecule has 0 bridgehead atoms. The lowest BCUT2D eigenvalue weighted by molar-refractivity contribution is -0.274. The van der Waals surface area contributed by atoms with Crippen molar-refractivity contribution >= 4 is 23.8 Å². The lowest BCUT2D eigenvalue weighted by Gasteiger charge is -2.59. The van der Waals surface area contributed by atoms with Crippen molar-refractivity contribution in [2.45, 2.75) is 30.1 Å². The number of likely N-dealkylation sites (tertiary alicyclic amines) is 1. The van der Waals surface area contributed by atoms with Crippen LogP contribution < -0.4 is 20.1 Å². The Labute approximate surface area is 273 Å². The molecule has 6 rings (SSSR count). The second-order valence-corrected chi connectivity index (χ2v) is 11.6. The summed E-state index contributed by atoms with van der Waals surface area (Å²) in [5, 5.41) is 11.6. The van der Waals surface area contributed by atoms with Gasteiger partial charge in [0.1, 0.15) is 17.1 Å². The Morgan fingerprint density at radius 1 is 0.959 bits per heavy atom. The molecule has 4 aliphatic heterocycles. The molecule has 0 aliphatic carbocycles. The van der Waals surface area contributed by atoms with Crippen molar-refractivity contribution in [3.05, 3.63) is 48.2 Å². The SMILES string of the molecule is O=C(O)C(F)(F)F.O=C1NC(=O)C(c2ccc(Oc3ccc(OC(F)(F)F)cn3)cc2)(N2CC3(CN(CC4CCOC4)CCO3)C2)C(=O)N1. The number of nitrogens with one attached hydrogen (secondary N) is 2. The number of alkyl halides is 6. The van der Waals surface area contributed by atoms with Gasteiger partial charge in [-0.3, -0.25) is 30.0 Å². The minimum absolute atomic E-state index is 0.00131. The van der Waals surface area contributed by atoms with Gasteiger partial charge in [0.05, 0.1) is 19.4 Å². The number of carbonyl (C=O) groups excluding carboxylic acids is 3. The summed E-state index contributed by atoms with van der Waals surface area (Å²) in [7, 11) is 0. The van der Waals surface area contributed by atoms with Crippen molar-refractivity contribution in [2.24, 2.45) is 5.92 Å². The molecule has 1 atom stereocenters. The van der Waals surface area contributed by atoms with Crippen LogP contribution in [0.4, 0.5) is 31.1 Å². The van der Waals surface area contributed by atoms with Gasteiger partial charge < -0.3 is 24.1 Å². The highest BCUT2D eigenvalue weighted by Crippen LogP contribution is 2.42. The van der Waals surface area contributed by atoms with E-state index in [1.54, 1.807) is 4.90 Å². The highest BCUT2D eigenvalue weighted by Gasteiger charge is 2.63. The number of carbonyl (C=O) groups is 4. The smallest absolute Gasteiger partial charge is 0.475 e. The predicted octanol–water partition coefficient (Wildman–Crippen LogP) is 2.39. The van der Waals surface area contributed by atoms with Crippen molar-refractivity contribution in [1.29, 1.82) is 0 Å². The molecular weight excluding hydrogens is 676 g/mol. The van der Waals surface area contributed by atoms with Gasteiger partial charge in [0.15, 0.2) is 0 Å². The summed E-state index contributed by atoms with van der Waals surface area (Å²) in [5.74, 6) is -4.10. The Bertz CT molecular complexity index is 1520. The molecule has 5 heterocycles. The van der Waals surface area contributed by atoms with Gasteiger partial charge >= 0.3 is 24.5 Å². The fourth-order valence-electron chi connectivity index (χ4n) is 6.01. The second kappa shape index (κ2) is 13.8. The minimum atomic E-state index is -5.08. The topological polar surface area (TPSA) is 169 Å². The molecule has 3 N–H and O–H groups in total. The Kier molecular flexibility index (Phi) is 10.0. The van der Waals surface area contributed by atoms with E-state index in [1.165, 1.54) is 30.3 Å². The van der Waals surface area contributed by atoms with E-state index in [0.717, 1.165) is 45.0 Å². The van der Waals surface area contributed by atoms with Gasteiger partial charge in [-0.05, 0) is 36.1 Å². The van der Waals surface area contributed by atoms with Crippen LogP contribution in [0.5, 0.6) is 17.4 Å². The molecule has 4 aliphatic rings. The number of carboxylic acids is 1. The number of aliphatic carboxylic acids is 1. The van der Waals surface area contributed by atoms with Gasteiger partial charge in [-0.1, -0.05) is 12.1 Å². The second-order valence-electron chi connectivity index (χ2n) is 11.6. The molecule has 49 heavy (non-hydrogen) atoms. The molecule has 1 spiro atoms. The first-order valence-electron chi connectivity index (χ1n) is 14.7. The zero-order valence-corrected chi connectivity index (χ0v) is 25.3. The number of ether oxygens (including phenoxy) is 4. The number of benzene rings is 1. The fraction of sp³-hybridized carbons (Fsp3) is 0.483. The summed E-state index contributed by atoms with van der Waals surface area (Å²) >= 11 is 0. The third-order valence-electron chi connectivity index (χ3n) is 8.09. The molecule has 266 valence electrons. The van der Waals surface area contributed by atoms with Crippen LogP contribution in [0.25, 0.3) is 0 Å². The van der Waals surface area contributed by atoms with Crippen LogP contribution in [-0.2, 0) is 29.4 Å². The summed E-state index contributed by atoms with van der Waals surface area (Å²) in [6.45, 7) is 4.92. The number of nitrogens with zero attached hydrogens (tertiary/aromatic N) is 3. The summed E-state index contributed by atoms with van der Waals surface area (Å²) in [6, 6.07) is 7.38. The van der Waals surface area contributed by atoms with Gasteiger partial charge in [-0.25, -0.2) is 14.6 Å². The van der Waals surface area contributed by atoms with Gasteiger partial charge in [0.25, 0.3) is 11.8 Å². The van der Waals surface area contributed by atoms with E-state index in [2.05, 4.69) is 25.3 Å². The highest BCUT2D eigenvalue weighted by molar-refractivity contribution is 6.22. The number of carboxylic acid groups (broad SMARTS) is 1. The molecule has 4 saturated heterocycles. The van der Waals surface area contributed by atoms with E-state index < -0.39 is 53.2 Å². The Morgan fingerprint density at radius 3 is 2.12 bits per heavy atom. The molecular formula is C29H29F6N5O9. The number of rotatable bonds is 7. The Morgan fingerprint density at radius 2 is 1.59 bits per heavy atom. The number of halogens is 6. The van der Waals surface area contributed by atoms with E-state index in [4.69, 9.17) is 24.1 Å². The van der Waals surface area contributed by atoms with Crippen LogP contribution in [0, 0.1) is 5.92 Å². The van der Waals surface area contributed by atoms with Crippen LogP contribution in [-0.4, -0.2) is 114 Å². The molecule has 20 heteroatoms. The number of barbiturate groups is 1. The summed E-state index contributed by atoms with van der Waals surface area (Å²) in [4.78, 5) is 55.5. The molecule has 1 unspecified atom stereocenters. The third-order valence-corrected chi connectivity index (χ3v) is 8.09. The molecule has 1 aromatic heterocycles. The van der Waals surface area contributed by atoms with Crippen LogP contribution >= 0.6 is 0 Å². The molecule has 4 amide bonds. The van der Waals surface area contributed by atoms with Crippen molar-refractivity contribution in [1.82, 2.24) is 25.4 Å². The molecule has 0 radical (unpaired) electrons. The number of amides is 4. The number of morpholine rings is 1. The quantitative estimate of drug-likeness (QED) is 0.285. The standard InChI is InChI=1S/C27H28F3N5O7.C2HF3O2/c28-27(29,30)42-20-5-6-21(31-11-20)41-19-3-1-18(2-4-19)26(22(36)32-24(38)33-23(26)37)35-15-25(16-35)14-34(8-10-40-25)12-17-7-9-39-13-17;3-2(4,5)1(6)7/h1-6,11,17H,7-10,12-16H2,(H2,32,33,36,37,38);(H,6,7). The number of hydrogen-bond donors (Lipinski definition) is 3. The number of hydrogen-bond acceptors (Lipinski definition) is 11. The van der Waals surface area contributed by atoms with Crippen molar-refractivity contribution < 1.29 is 69.6 Å². The van der Waals surface area contributed by atoms with Crippen molar-refractivity contribution in [3.8, 4) is 17.4 Å². The Hall–Kier alpha value is -4.53. The maximum absolute atomic E-state index is 13.4. The third kappa shape index (κ3) is 8.20. The van der Waals surface area contributed by atoms with Crippen molar-refractivity contribution in [3.63, 3.8) is 0 Å². The largest absolute Gasteiger partial charge is 0.573 e. The average molecular weight is 706 g/mol. The molecule has 2 aromatic rings. The van der Waals surface area contributed by atoms with E-state index in [1.807, 2.05) is 0 Å². The van der Waals surface area contributed by atoms with Gasteiger partial charge in [0.2, 0.25) is 11.4 Å². The first-order chi connectivity index (χ1) is 23.0. The van der Waals surface area contributed by atoms with Gasteiger partial charge in [-0.15, -0.1) is 13.2 Å². The number of urea groups is 1. The maximum atomic E-state index is 13.4. The van der Waals surface area contributed by atoms with E-state index in [0.29, 0.717) is 24.6 Å². The first-order valence-corrected chi connectivity index (χ1v) is 14.7. The molecule has 1 aromatic carbocycles. The van der Waals surface area contributed by atoms with Gasteiger partial charge in [-0.2, -0.15) is 13.2 Å². The van der Waals surface area contributed by atoms with Crippen LogP contribution in [0.1, 0.15) is 12.0 Å². The monoisotopic (exact) mass is 705 g/mol.